The Balaban J connectivity index is 0.901. The molecule has 280 valence electrons. The topological polar surface area (TPSA) is 29.5 Å². The molecule has 3 heteroatoms. The smallest absolute Gasteiger partial charge is 0.136 e. The van der Waals surface area contributed by atoms with Crippen LogP contribution < -0.4 is 4.90 Å². The molecule has 0 radical (unpaired) electrons. The van der Waals surface area contributed by atoms with Crippen molar-refractivity contribution in [3.05, 3.63) is 173 Å². The lowest BCUT2D eigenvalue weighted by Gasteiger charge is -2.33. The fourth-order valence-corrected chi connectivity index (χ4v) is 9.87. The molecule has 7 aromatic rings. The van der Waals surface area contributed by atoms with Crippen molar-refractivity contribution in [2.75, 3.05) is 4.90 Å². The van der Waals surface area contributed by atoms with Crippen LogP contribution in [0.25, 0.3) is 61.2 Å². The highest BCUT2D eigenvalue weighted by atomic mass is 16.3. The molecular weight excluding hydrogens is 695 g/mol. The number of fused-ring (bicyclic) bond motifs is 6. The van der Waals surface area contributed by atoms with Crippen LogP contribution in [0.5, 0.6) is 0 Å². The average Bonchev–Trinajstić information content (AvgIpc) is 3.85. The Kier molecular flexibility index (Phi) is 8.68. The predicted molar refractivity (Wildman–Crippen MR) is 238 cm³/mol. The first-order valence-corrected chi connectivity index (χ1v) is 21.1. The molecule has 0 saturated carbocycles. The van der Waals surface area contributed by atoms with Crippen LogP contribution in [0.15, 0.2) is 171 Å². The summed E-state index contributed by atoms with van der Waals surface area (Å²) in [4.78, 5) is 2.49. The zero-order chi connectivity index (χ0) is 37.7. The van der Waals surface area contributed by atoms with Crippen molar-refractivity contribution < 1.29 is 8.83 Å². The van der Waals surface area contributed by atoms with Gasteiger partial charge in [0, 0.05) is 45.2 Å². The summed E-state index contributed by atoms with van der Waals surface area (Å²) in [5, 5.41) is 3.53. The monoisotopic (exact) mass is 741 g/mol. The van der Waals surface area contributed by atoms with Crippen molar-refractivity contribution in [3.8, 4) is 22.3 Å². The normalized spacial score (nSPS) is 18.3. The first kappa shape index (κ1) is 34.2. The second kappa shape index (κ2) is 14.5. The minimum Gasteiger partial charge on any atom is -0.460 e. The van der Waals surface area contributed by atoms with Gasteiger partial charge in [0.05, 0.1) is 0 Å². The molecule has 1 atom stereocenters. The van der Waals surface area contributed by atoms with Crippen molar-refractivity contribution in [1.29, 1.82) is 0 Å². The molecule has 0 amide bonds. The molecular formula is C54H47NO2. The van der Waals surface area contributed by atoms with E-state index in [4.69, 9.17) is 8.83 Å². The second-order valence-electron chi connectivity index (χ2n) is 16.4. The maximum Gasteiger partial charge on any atom is 0.136 e. The van der Waals surface area contributed by atoms with Crippen molar-refractivity contribution in [3.63, 3.8) is 0 Å². The van der Waals surface area contributed by atoms with Crippen LogP contribution in [-0.4, -0.2) is 0 Å². The third-order valence-corrected chi connectivity index (χ3v) is 13.0. The highest BCUT2D eigenvalue weighted by molar-refractivity contribution is 6.06. The fraction of sp³-hybridized carbons (Fsp3) is 0.222. The van der Waals surface area contributed by atoms with Gasteiger partial charge in [0.2, 0.25) is 0 Å². The van der Waals surface area contributed by atoms with E-state index < -0.39 is 0 Å². The van der Waals surface area contributed by atoms with Crippen LogP contribution in [-0.2, 0) is 6.42 Å². The predicted octanol–water partition coefficient (Wildman–Crippen LogP) is 15.6. The quantitative estimate of drug-likeness (QED) is 0.163. The van der Waals surface area contributed by atoms with Crippen LogP contribution in [0.2, 0.25) is 0 Å². The molecule has 0 saturated heterocycles. The van der Waals surface area contributed by atoms with E-state index in [-0.39, 0.29) is 0 Å². The zero-order valence-corrected chi connectivity index (χ0v) is 32.5. The third-order valence-electron chi connectivity index (χ3n) is 13.0. The number of allylic oxidation sites excluding steroid dienone is 9. The van der Waals surface area contributed by atoms with Gasteiger partial charge < -0.3 is 13.7 Å². The molecule has 5 aromatic carbocycles. The number of nitrogens with zero attached hydrogens (tertiary/aromatic N) is 1. The largest absolute Gasteiger partial charge is 0.460 e. The van der Waals surface area contributed by atoms with Crippen LogP contribution in [0.3, 0.4) is 0 Å². The van der Waals surface area contributed by atoms with E-state index in [9.17, 15) is 0 Å². The van der Waals surface area contributed by atoms with Gasteiger partial charge >= 0.3 is 0 Å². The molecule has 57 heavy (non-hydrogen) atoms. The van der Waals surface area contributed by atoms with E-state index in [1.54, 1.807) is 16.7 Å². The van der Waals surface area contributed by atoms with Crippen LogP contribution in [0.1, 0.15) is 75.5 Å². The molecule has 0 bridgehead atoms. The van der Waals surface area contributed by atoms with Crippen molar-refractivity contribution in [2.24, 2.45) is 5.92 Å². The zero-order valence-electron chi connectivity index (χ0n) is 32.5. The molecule has 3 nitrogen and oxygen atoms in total. The number of aryl methyl sites for hydroxylation is 1. The van der Waals surface area contributed by atoms with Gasteiger partial charge in [0.25, 0.3) is 0 Å². The van der Waals surface area contributed by atoms with E-state index in [0.29, 0.717) is 5.92 Å². The molecule has 2 heterocycles. The Morgan fingerprint density at radius 2 is 1.25 bits per heavy atom. The highest BCUT2D eigenvalue weighted by Crippen LogP contribution is 2.42. The van der Waals surface area contributed by atoms with Crippen LogP contribution >= 0.6 is 0 Å². The highest BCUT2D eigenvalue weighted by Gasteiger charge is 2.25. The minimum atomic E-state index is 0.615. The Bertz CT molecular complexity index is 2820. The van der Waals surface area contributed by atoms with Gasteiger partial charge in [-0.05, 0) is 158 Å². The lowest BCUT2D eigenvalue weighted by molar-refractivity contribution is 0.515. The van der Waals surface area contributed by atoms with Gasteiger partial charge in [-0.3, -0.25) is 0 Å². The summed E-state index contributed by atoms with van der Waals surface area (Å²) in [5.74, 6) is 1.72. The Morgan fingerprint density at radius 1 is 0.526 bits per heavy atom. The van der Waals surface area contributed by atoms with Gasteiger partial charge in [-0.2, -0.15) is 0 Å². The molecule has 0 N–H and O–H groups in total. The number of rotatable bonds is 7. The van der Waals surface area contributed by atoms with Gasteiger partial charge in [-0.15, -0.1) is 0 Å². The maximum atomic E-state index is 6.33. The molecule has 4 aliphatic rings. The van der Waals surface area contributed by atoms with Gasteiger partial charge in [0.15, 0.2) is 0 Å². The number of hydrogen-bond donors (Lipinski definition) is 0. The number of para-hydroxylation sites is 1. The summed E-state index contributed by atoms with van der Waals surface area (Å²) in [6.45, 7) is 0. The average molecular weight is 742 g/mol. The minimum absolute atomic E-state index is 0.615. The Morgan fingerprint density at radius 3 is 1.95 bits per heavy atom. The number of hydrogen-bond acceptors (Lipinski definition) is 3. The summed E-state index contributed by atoms with van der Waals surface area (Å²) in [7, 11) is 0. The lowest BCUT2D eigenvalue weighted by Crippen LogP contribution is -2.21. The second-order valence-corrected chi connectivity index (χ2v) is 16.4. The summed E-state index contributed by atoms with van der Waals surface area (Å²) < 4.78 is 12.6. The maximum absolute atomic E-state index is 6.33. The van der Waals surface area contributed by atoms with E-state index >= 15 is 0 Å². The molecule has 11 rings (SSSR count). The summed E-state index contributed by atoms with van der Waals surface area (Å²) in [6.07, 6.45) is 27.3. The van der Waals surface area contributed by atoms with Crippen LogP contribution in [0, 0.1) is 5.92 Å². The number of furan rings is 2. The van der Waals surface area contributed by atoms with Crippen molar-refractivity contribution >= 4 is 50.4 Å². The first-order chi connectivity index (χ1) is 28.2. The van der Waals surface area contributed by atoms with E-state index in [0.717, 1.165) is 64.5 Å². The summed E-state index contributed by atoms with van der Waals surface area (Å²) in [6, 6.07) is 39.8. The summed E-state index contributed by atoms with van der Waals surface area (Å²) >= 11 is 0. The lowest BCUT2D eigenvalue weighted by atomic mass is 9.79. The molecule has 2 aromatic heterocycles. The van der Waals surface area contributed by atoms with Crippen molar-refractivity contribution in [1.82, 2.24) is 0 Å². The molecule has 0 aliphatic heterocycles. The Hall–Kier alpha value is -6.06. The first-order valence-electron chi connectivity index (χ1n) is 21.1. The standard InChI is InChI=1S/C54H47NO2/c1-2-8-36(9-3-1)37-14-16-38(17-15-37)39-18-26-44(27-19-39)55(45-28-20-40(21-29-45)42-24-32-49-47-10-4-6-12-51(47)56-53(49)34-42)46-30-22-41(23-31-46)43-25-33-50-48-11-5-7-13-52(48)57-54(50)35-43/h4-6,8,10-12,14,16,20-26,28-35,39H,1-3,7,9,13,15,17-19,27H2. The molecule has 4 aliphatic carbocycles. The number of benzene rings is 5. The molecule has 1 unspecified atom stereocenters. The van der Waals surface area contributed by atoms with Gasteiger partial charge in [-0.25, -0.2) is 0 Å². The van der Waals surface area contributed by atoms with E-state index in [2.05, 4.69) is 138 Å². The molecule has 0 spiro atoms. The Labute approximate surface area is 335 Å². The van der Waals surface area contributed by atoms with Crippen molar-refractivity contribution in [2.45, 2.75) is 70.6 Å². The fourth-order valence-electron chi connectivity index (χ4n) is 9.87. The third kappa shape index (κ3) is 6.40. The molecule has 0 fully saturated rings. The van der Waals surface area contributed by atoms with Crippen LogP contribution in [0.4, 0.5) is 11.4 Å². The number of anilines is 2. The summed E-state index contributed by atoms with van der Waals surface area (Å²) in [5.41, 5.74) is 17.4. The SMILES string of the molecule is C1=Cc2c(oc3cc(-c4ccc(N(C5=CCC(C6=CC=C(C7=CCCCC7)CC6)CC5)c5ccc(-c6ccc7c(c6)oc6ccccc67)cc5)cc4)ccc23)CC1. The van der Waals surface area contributed by atoms with Gasteiger partial charge in [0.1, 0.15) is 22.5 Å². The van der Waals surface area contributed by atoms with E-state index in [1.807, 2.05) is 12.1 Å². The van der Waals surface area contributed by atoms with Gasteiger partial charge in [-0.1, -0.05) is 96.6 Å². The van der Waals surface area contributed by atoms with E-state index in [1.165, 1.54) is 89.7 Å².